The Kier molecular flexibility index (Phi) is 5.64. The summed E-state index contributed by atoms with van der Waals surface area (Å²) in [4.78, 5) is 4.49. The summed E-state index contributed by atoms with van der Waals surface area (Å²) in [6.45, 7) is 4.11. The molecule has 4 nitrogen and oxygen atoms in total. The van der Waals surface area contributed by atoms with E-state index >= 15 is 0 Å². The Hall–Kier alpha value is -1.30. The van der Waals surface area contributed by atoms with Gasteiger partial charge in [0.15, 0.2) is 5.13 Å². The molecule has 0 unspecified atom stereocenters. The van der Waals surface area contributed by atoms with E-state index in [0.29, 0.717) is 10.7 Å². The SMILES string of the molecule is CCCNCCc1csc(Nc2cc(Cl)ccc2O)n1. The first-order valence-corrected chi connectivity index (χ1v) is 7.85. The van der Waals surface area contributed by atoms with Gasteiger partial charge in [-0.2, -0.15) is 0 Å². The van der Waals surface area contributed by atoms with E-state index < -0.39 is 0 Å². The lowest BCUT2D eigenvalue weighted by molar-refractivity contribution is 0.478. The largest absolute Gasteiger partial charge is 0.506 e. The van der Waals surface area contributed by atoms with Gasteiger partial charge in [0.05, 0.1) is 11.4 Å². The minimum absolute atomic E-state index is 0.163. The Bertz CT molecular complexity index is 559. The minimum Gasteiger partial charge on any atom is -0.506 e. The smallest absolute Gasteiger partial charge is 0.187 e. The number of hydrogen-bond acceptors (Lipinski definition) is 5. The van der Waals surface area contributed by atoms with Crippen LogP contribution in [0.2, 0.25) is 5.02 Å². The van der Waals surface area contributed by atoms with Gasteiger partial charge in [-0.05, 0) is 31.2 Å². The second-order valence-corrected chi connectivity index (χ2v) is 5.73. The van der Waals surface area contributed by atoms with Crippen LogP contribution in [0, 0.1) is 0 Å². The molecule has 1 aromatic heterocycles. The zero-order valence-corrected chi connectivity index (χ0v) is 12.9. The molecule has 6 heteroatoms. The summed E-state index contributed by atoms with van der Waals surface area (Å²) in [5.41, 5.74) is 1.62. The first-order chi connectivity index (χ1) is 9.69. The second kappa shape index (κ2) is 7.47. The summed E-state index contributed by atoms with van der Waals surface area (Å²) in [6.07, 6.45) is 2.04. The standard InChI is InChI=1S/C14H18ClN3OS/c1-2-6-16-7-5-11-9-20-14(17-11)18-12-8-10(15)3-4-13(12)19/h3-4,8-9,16,19H,2,5-7H2,1H3,(H,17,18). The predicted molar refractivity (Wildman–Crippen MR) is 85.4 cm³/mol. The number of phenols is 1. The summed E-state index contributed by atoms with van der Waals surface area (Å²) >= 11 is 7.43. The van der Waals surface area contributed by atoms with Gasteiger partial charge < -0.3 is 15.7 Å². The molecule has 0 saturated carbocycles. The summed E-state index contributed by atoms with van der Waals surface area (Å²) < 4.78 is 0. The molecule has 0 aliphatic heterocycles. The van der Waals surface area contributed by atoms with E-state index in [0.717, 1.165) is 36.8 Å². The minimum atomic E-state index is 0.163. The van der Waals surface area contributed by atoms with Crippen LogP contribution in [-0.2, 0) is 6.42 Å². The quantitative estimate of drug-likeness (QED) is 0.538. The van der Waals surface area contributed by atoms with Crippen LogP contribution in [0.4, 0.5) is 10.8 Å². The number of thiazole rings is 1. The molecular formula is C14H18ClN3OS. The molecule has 108 valence electrons. The highest BCUT2D eigenvalue weighted by Gasteiger charge is 2.06. The van der Waals surface area contributed by atoms with Crippen LogP contribution in [0.3, 0.4) is 0 Å². The molecule has 0 atom stereocenters. The van der Waals surface area contributed by atoms with Crippen molar-refractivity contribution in [1.82, 2.24) is 10.3 Å². The van der Waals surface area contributed by atoms with Crippen molar-refractivity contribution in [2.45, 2.75) is 19.8 Å². The van der Waals surface area contributed by atoms with E-state index in [1.807, 2.05) is 5.38 Å². The fraction of sp³-hybridized carbons (Fsp3) is 0.357. The Morgan fingerprint density at radius 1 is 1.35 bits per heavy atom. The fourth-order valence-electron chi connectivity index (χ4n) is 1.72. The number of aromatic nitrogens is 1. The highest BCUT2D eigenvalue weighted by molar-refractivity contribution is 7.13. The third-order valence-electron chi connectivity index (χ3n) is 2.74. The fourth-order valence-corrected chi connectivity index (χ4v) is 2.65. The number of nitrogens with zero attached hydrogens (tertiary/aromatic N) is 1. The maximum Gasteiger partial charge on any atom is 0.187 e. The van der Waals surface area contributed by atoms with Gasteiger partial charge in [-0.15, -0.1) is 11.3 Å². The van der Waals surface area contributed by atoms with Crippen LogP contribution < -0.4 is 10.6 Å². The molecule has 0 radical (unpaired) electrons. The molecule has 0 fully saturated rings. The maximum atomic E-state index is 9.75. The third kappa shape index (κ3) is 4.37. The van der Waals surface area contributed by atoms with Crippen molar-refractivity contribution in [2.75, 3.05) is 18.4 Å². The van der Waals surface area contributed by atoms with E-state index in [1.54, 1.807) is 18.2 Å². The van der Waals surface area contributed by atoms with Crippen LogP contribution in [0.5, 0.6) is 5.75 Å². The predicted octanol–water partition coefficient (Wildman–Crippen LogP) is 3.79. The average molecular weight is 312 g/mol. The van der Waals surface area contributed by atoms with E-state index in [1.165, 1.54) is 11.3 Å². The number of aromatic hydroxyl groups is 1. The van der Waals surface area contributed by atoms with Crippen LogP contribution in [-0.4, -0.2) is 23.2 Å². The molecule has 20 heavy (non-hydrogen) atoms. The molecule has 0 bridgehead atoms. The van der Waals surface area contributed by atoms with Crippen LogP contribution in [0.25, 0.3) is 0 Å². The van der Waals surface area contributed by atoms with Crippen molar-refractivity contribution in [3.63, 3.8) is 0 Å². The molecule has 1 heterocycles. The monoisotopic (exact) mass is 311 g/mol. The van der Waals surface area contributed by atoms with Crippen LogP contribution >= 0.6 is 22.9 Å². The number of hydrogen-bond donors (Lipinski definition) is 3. The van der Waals surface area contributed by atoms with Gasteiger partial charge in [0.25, 0.3) is 0 Å². The zero-order valence-electron chi connectivity index (χ0n) is 11.3. The molecule has 3 N–H and O–H groups in total. The Balaban J connectivity index is 1.93. The third-order valence-corrected chi connectivity index (χ3v) is 3.78. The summed E-state index contributed by atoms with van der Waals surface area (Å²) in [5, 5.41) is 19.5. The lowest BCUT2D eigenvalue weighted by Gasteiger charge is -2.05. The highest BCUT2D eigenvalue weighted by atomic mass is 35.5. The first kappa shape index (κ1) is 15.1. The molecule has 0 aliphatic rings. The number of rotatable bonds is 7. The van der Waals surface area contributed by atoms with Crippen molar-refractivity contribution in [3.8, 4) is 5.75 Å². The average Bonchev–Trinajstić information content (AvgIpc) is 2.87. The second-order valence-electron chi connectivity index (χ2n) is 4.43. The van der Waals surface area contributed by atoms with E-state index in [2.05, 4.69) is 22.5 Å². The molecule has 0 saturated heterocycles. The first-order valence-electron chi connectivity index (χ1n) is 6.59. The lowest BCUT2D eigenvalue weighted by Crippen LogP contribution is -2.17. The summed E-state index contributed by atoms with van der Waals surface area (Å²) in [5.74, 6) is 0.163. The molecule has 2 aromatic rings. The van der Waals surface area contributed by atoms with Crippen LogP contribution in [0.1, 0.15) is 19.0 Å². The van der Waals surface area contributed by atoms with Crippen molar-refractivity contribution >= 4 is 33.8 Å². The molecule has 0 spiro atoms. The van der Waals surface area contributed by atoms with Crippen molar-refractivity contribution in [2.24, 2.45) is 0 Å². The number of halogens is 1. The van der Waals surface area contributed by atoms with E-state index in [9.17, 15) is 5.11 Å². The number of phenolic OH excluding ortho intramolecular Hbond substituents is 1. The van der Waals surface area contributed by atoms with Gasteiger partial charge in [-0.25, -0.2) is 4.98 Å². The van der Waals surface area contributed by atoms with Gasteiger partial charge >= 0.3 is 0 Å². The van der Waals surface area contributed by atoms with Gasteiger partial charge in [-0.3, -0.25) is 0 Å². The topological polar surface area (TPSA) is 57.2 Å². The van der Waals surface area contributed by atoms with E-state index in [4.69, 9.17) is 11.6 Å². The van der Waals surface area contributed by atoms with Crippen LogP contribution in [0.15, 0.2) is 23.6 Å². The maximum absolute atomic E-state index is 9.75. The molecule has 0 aliphatic carbocycles. The Morgan fingerprint density at radius 2 is 2.20 bits per heavy atom. The van der Waals surface area contributed by atoms with Crippen molar-refractivity contribution in [1.29, 1.82) is 0 Å². The molecular weight excluding hydrogens is 294 g/mol. The Labute approximate surface area is 127 Å². The van der Waals surface area contributed by atoms with E-state index in [-0.39, 0.29) is 5.75 Å². The van der Waals surface area contributed by atoms with Gasteiger partial charge in [0.2, 0.25) is 0 Å². The number of nitrogens with one attached hydrogen (secondary N) is 2. The zero-order chi connectivity index (χ0) is 14.4. The molecule has 2 rings (SSSR count). The number of benzene rings is 1. The van der Waals surface area contributed by atoms with Gasteiger partial charge in [-0.1, -0.05) is 18.5 Å². The molecule has 1 aromatic carbocycles. The summed E-state index contributed by atoms with van der Waals surface area (Å²) in [7, 11) is 0. The van der Waals surface area contributed by atoms with Crippen molar-refractivity contribution < 1.29 is 5.11 Å². The highest BCUT2D eigenvalue weighted by Crippen LogP contribution is 2.30. The van der Waals surface area contributed by atoms with Gasteiger partial charge in [0, 0.05) is 23.4 Å². The summed E-state index contributed by atoms with van der Waals surface area (Å²) in [6, 6.07) is 4.89. The van der Waals surface area contributed by atoms with Gasteiger partial charge in [0.1, 0.15) is 5.75 Å². The lowest BCUT2D eigenvalue weighted by atomic mass is 10.3. The van der Waals surface area contributed by atoms with Crippen molar-refractivity contribution in [3.05, 3.63) is 34.3 Å². The Morgan fingerprint density at radius 3 is 3.00 bits per heavy atom. The normalized spacial score (nSPS) is 10.7. The molecule has 0 amide bonds. The number of anilines is 2.